The lowest BCUT2D eigenvalue weighted by Gasteiger charge is -2.14. The fraction of sp³-hybridized carbons (Fsp3) is 0.125. The minimum atomic E-state index is -0.353. The zero-order chi connectivity index (χ0) is 17.8. The van der Waals surface area contributed by atoms with Gasteiger partial charge in [0.25, 0.3) is 5.91 Å². The van der Waals surface area contributed by atoms with Gasteiger partial charge in [-0.05, 0) is 40.8 Å². The van der Waals surface area contributed by atoms with Crippen LogP contribution in [0, 0.1) is 0 Å². The fourth-order valence-corrected chi connectivity index (χ4v) is 2.37. The van der Waals surface area contributed by atoms with E-state index in [1.807, 2.05) is 0 Å². The normalized spacial score (nSPS) is 10.4. The summed E-state index contributed by atoms with van der Waals surface area (Å²) in [5.41, 5.74) is 1.38. The number of carbonyl (C=O) groups excluding carboxylic acids is 1. The highest BCUT2D eigenvalue weighted by Gasteiger charge is 2.19. The zero-order valence-electron chi connectivity index (χ0n) is 13.4. The molecule has 128 valence electrons. The number of tetrazole rings is 1. The molecule has 0 saturated carbocycles. The van der Waals surface area contributed by atoms with Crippen molar-refractivity contribution in [1.29, 1.82) is 0 Å². The summed E-state index contributed by atoms with van der Waals surface area (Å²) in [6.07, 6.45) is 1.39. The average Bonchev–Trinajstić information content (AvgIpc) is 3.17. The Labute approximate surface area is 148 Å². The quantitative estimate of drug-likeness (QED) is 0.752. The molecule has 1 amide bonds. The molecule has 1 aromatic heterocycles. The smallest absolute Gasteiger partial charge is 0.258 e. The van der Waals surface area contributed by atoms with Crippen LogP contribution >= 0.6 is 11.6 Å². The van der Waals surface area contributed by atoms with Crippen LogP contribution in [0.1, 0.15) is 10.4 Å². The van der Waals surface area contributed by atoms with E-state index in [0.29, 0.717) is 33.5 Å². The van der Waals surface area contributed by atoms with Crippen LogP contribution in [0.3, 0.4) is 0 Å². The second-order valence-electron chi connectivity index (χ2n) is 4.94. The SMILES string of the molecule is COc1cc(C(=O)Nc2ccc(Cl)cc2)c(-n2cnnn2)cc1OC. The molecule has 0 atom stereocenters. The van der Waals surface area contributed by atoms with Crippen molar-refractivity contribution in [3.05, 3.63) is 53.3 Å². The maximum Gasteiger partial charge on any atom is 0.258 e. The third kappa shape index (κ3) is 3.53. The van der Waals surface area contributed by atoms with Crippen LogP contribution in [0.4, 0.5) is 5.69 Å². The molecule has 9 heteroatoms. The summed E-state index contributed by atoms with van der Waals surface area (Å²) in [7, 11) is 3.00. The summed E-state index contributed by atoms with van der Waals surface area (Å²) in [6.45, 7) is 0. The first-order chi connectivity index (χ1) is 12.1. The molecular weight excluding hydrogens is 346 g/mol. The Morgan fingerprint density at radius 1 is 1.12 bits per heavy atom. The van der Waals surface area contributed by atoms with Gasteiger partial charge in [0.1, 0.15) is 6.33 Å². The standard InChI is InChI=1S/C16H14ClN5O3/c1-24-14-7-12(16(23)19-11-5-3-10(17)4-6-11)13(8-15(14)25-2)22-9-18-20-21-22/h3-9H,1-2H3,(H,19,23). The minimum absolute atomic E-state index is 0.319. The molecule has 0 spiro atoms. The molecule has 3 rings (SSSR count). The molecule has 1 N–H and O–H groups in total. The lowest BCUT2D eigenvalue weighted by molar-refractivity contribution is 0.102. The van der Waals surface area contributed by atoms with E-state index in [1.165, 1.54) is 25.2 Å². The number of nitrogens with one attached hydrogen (secondary N) is 1. The number of rotatable bonds is 5. The Morgan fingerprint density at radius 2 is 1.80 bits per heavy atom. The first-order valence-corrected chi connectivity index (χ1v) is 7.56. The van der Waals surface area contributed by atoms with Gasteiger partial charge in [-0.25, -0.2) is 0 Å². The van der Waals surface area contributed by atoms with E-state index in [2.05, 4.69) is 20.8 Å². The number of amides is 1. The van der Waals surface area contributed by atoms with Gasteiger partial charge < -0.3 is 14.8 Å². The topological polar surface area (TPSA) is 91.2 Å². The van der Waals surface area contributed by atoms with Gasteiger partial charge in [-0.3, -0.25) is 4.79 Å². The Balaban J connectivity index is 2.03. The van der Waals surface area contributed by atoms with Crippen LogP contribution in [0.5, 0.6) is 11.5 Å². The number of aromatic nitrogens is 4. The number of anilines is 1. The highest BCUT2D eigenvalue weighted by molar-refractivity contribution is 6.30. The molecule has 8 nitrogen and oxygen atoms in total. The Bertz CT molecular complexity index is 882. The van der Waals surface area contributed by atoms with E-state index < -0.39 is 0 Å². The van der Waals surface area contributed by atoms with Crippen molar-refractivity contribution in [3.8, 4) is 17.2 Å². The maximum atomic E-state index is 12.8. The number of halogens is 1. The molecule has 0 radical (unpaired) electrons. The third-order valence-electron chi connectivity index (χ3n) is 3.44. The predicted molar refractivity (Wildman–Crippen MR) is 91.7 cm³/mol. The molecule has 1 heterocycles. The second kappa shape index (κ2) is 7.18. The highest BCUT2D eigenvalue weighted by Crippen LogP contribution is 2.32. The summed E-state index contributed by atoms with van der Waals surface area (Å²) < 4.78 is 11.9. The van der Waals surface area contributed by atoms with Gasteiger partial charge in [0.05, 0.1) is 25.5 Å². The monoisotopic (exact) mass is 359 g/mol. The van der Waals surface area contributed by atoms with E-state index in [-0.39, 0.29) is 5.91 Å². The molecule has 25 heavy (non-hydrogen) atoms. The lowest BCUT2D eigenvalue weighted by atomic mass is 10.1. The number of ether oxygens (including phenoxy) is 2. The molecule has 2 aromatic carbocycles. The van der Waals surface area contributed by atoms with Gasteiger partial charge in [-0.15, -0.1) is 5.10 Å². The fourth-order valence-electron chi connectivity index (χ4n) is 2.24. The van der Waals surface area contributed by atoms with Crippen molar-refractivity contribution in [1.82, 2.24) is 20.2 Å². The van der Waals surface area contributed by atoms with Crippen molar-refractivity contribution < 1.29 is 14.3 Å². The van der Waals surface area contributed by atoms with Crippen LogP contribution in [0.2, 0.25) is 5.02 Å². The van der Waals surface area contributed by atoms with Gasteiger partial charge in [0.15, 0.2) is 11.5 Å². The van der Waals surface area contributed by atoms with Crippen LogP contribution in [-0.2, 0) is 0 Å². The van der Waals surface area contributed by atoms with Crippen molar-refractivity contribution in [2.24, 2.45) is 0 Å². The van der Waals surface area contributed by atoms with Crippen LogP contribution in [0.15, 0.2) is 42.7 Å². The maximum absolute atomic E-state index is 12.8. The third-order valence-corrected chi connectivity index (χ3v) is 3.70. The van der Waals surface area contributed by atoms with E-state index in [0.717, 1.165) is 0 Å². The summed E-state index contributed by atoms with van der Waals surface area (Å²) >= 11 is 5.86. The van der Waals surface area contributed by atoms with Gasteiger partial charge in [0.2, 0.25) is 0 Å². The van der Waals surface area contributed by atoms with Crippen molar-refractivity contribution in [3.63, 3.8) is 0 Å². The van der Waals surface area contributed by atoms with Gasteiger partial charge in [-0.1, -0.05) is 11.6 Å². The van der Waals surface area contributed by atoms with Gasteiger partial charge >= 0.3 is 0 Å². The first kappa shape index (κ1) is 16.7. The molecule has 0 fully saturated rings. The average molecular weight is 360 g/mol. The summed E-state index contributed by atoms with van der Waals surface area (Å²) in [6, 6.07) is 9.99. The number of nitrogens with zero attached hydrogens (tertiary/aromatic N) is 4. The lowest BCUT2D eigenvalue weighted by Crippen LogP contribution is -2.16. The van der Waals surface area contributed by atoms with E-state index >= 15 is 0 Å². The molecule has 3 aromatic rings. The van der Waals surface area contributed by atoms with E-state index in [1.54, 1.807) is 36.4 Å². The van der Waals surface area contributed by atoms with Gasteiger partial charge in [0, 0.05) is 16.8 Å². The molecular formula is C16H14ClN5O3. The summed E-state index contributed by atoms with van der Waals surface area (Å²) in [4.78, 5) is 12.8. The predicted octanol–water partition coefficient (Wildman–Crippen LogP) is 2.59. The van der Waals surface area contributed by atoms with E-state index in [4.69, 9.17) is 21.1 Å². The number of hydrogen-bond donors (Lipinski definition) is 1. The molecule has 0 saturated heterocycles. The second-order valence-corrected chi connectivity index (χ2v) is 5.38. The van der Waals surface area contributed by atoms with Crippen LogP contribution in [-0.4, -0.2) is 40.3 Å². The molecule has 0 bridgehead atoms. The summed E-state index contributed by atoms with van der Waals surface area (Å²) in [5, 5.41) is 14.4. The largest absolute Gasteiger partial charge is 0.493 e. The Morgan fingerprint density at radius 3 is 2.40 bits per heavy atom. The molecule has 0 aliphatic carbocycles. The van der Waals surface area contributed by atoms with Crippen LogP contribution < -0.4 is 14.8 Å². The first-order valence-electron chi connectivity index (χ1n) is 7.18. The zero-order valence-corrected chi connectivity index (χ0v) is 14.2. The molecule has 0 unspecified atom stereocenters. The van der Waals surface area contributed by atoms with Crippen LogP contribution in [0.25, 0.3) is 5.69 Å². The van der Waals surface area contributed by atoms with Crippen molar-refractivity contribution >= 4 is 23.2 Å². The minimum Gasteiger partial charge on any atom is -0.493 e. The van der Waals surface area contributed by atoms with Gasteiger partial charge in [-0.2, -0.15) is 4.68 Å². The number of methoxy groups -OCH3 is 2. The Kier molecular flexibility index (Phi) is 4.80. The van der Waals surface area contributed by atoms with E-state index in [9.17, 15) is 4.79 Å². The number of carbonyl (C=O) groups is 1. The molecule has 0 aliphatic heterocycles. The van der Waals surface area contributed by atoms with Crippen molar-refractivity contribution in [2.45, 2.75) is 0 Å². The highest BCUT2D eigenvalue weighted by atomic mass is 35.5. The number of benzene rings is 2. The number of hydrogen-bond acceptors (Lipinski definition) is 6. The molecule has 0 aliphatic rings. The van der Waals surface area contributed by atoms with Crippen molar-refractivity contribution in [2.75, 3.05) is 19.5 Å². The summed E-state index contributed by atoms with van der Waals surface area (Å²) in [5.74, 6) is 0.519. The Hall–Kier alpha value is -3.13.